The van der Waals surface area contributed by atoms with Crippen molar-refractivity contribution in [1.29, 1.82) is 0 Å². The first-order chi connectivity index (χ1) is 5.97. The Kier molecular flexibility index (Phi) is 3.35. The molecule has 0 spiro atoms. The second-order valence-electron chi connectivity index (χ2n) is 4.00. The van der Waals surface area contributed by atoms with E-state index in [0.717, 1.165) is 11.3 Å². The fraction of sp³-hybridized carbons (Fsp3) is 1.00. The van der Waals surface area contributed by atoms with E-state index in [1.165, 1.54) is 50.8 Å². The molecule has 2 fully saturated rings. The Morgan fingerprint density at radius 2 is 1.75 bits per heavy atom. The summed E-state index contributed by atoms with van der Waals surface area (Å²) in [6.45, 7) is 1.24. The van der Waals surface area contributed by atoms with Gasteiger partial charge in [0.25, 0.3) is 0 Å². The first kappa shape index (κ1) is 8.89. The topological polar surface area (TPSA) is 12.0 Å². The van der Waals surface area contributed by atoms with Gasteiger partial charge in [-0.15, -0.1) is 11.8 Å². The maximum atomic E-state index is 3.62. The molecule has 1 unspecified atom stereocenters. The van der Waals surface area contributed by atoms with Crippen LogP contribution < -0.4 is 5.32 Å². The summed E-state index contributed by atoms with van der Waals surface area (Å²) < 4.78 is 0. The minimum Gasteiger partial charge on any atom is -0.304 e. The summed E-state index contributed by atoms with van der Waals surface area (Å²) in [6.07, 6.45) is 8.86. The molecule has 0 radical (unpaired) electrons. The van der Waals surface area contributed by atoms with Gasteiger partial charge in [-0.25, -0.2) is 0 Å². The molecule has 1 aliphatic heterocycles. The molecule has 1 nitrogen and oxygen atoms in total. The van der Waals surface area contributed by atoms with Crippen LogP contribution in [0.2, 0.25) is 0 Å². The van der Waals surface area contributed by atoms with E-state index in [2.05, 4.69) is 17.1 Å². The van der Waals surface area contributed by atoms with Gasteiger partial charge in [-0.2, -0.15) is 0 Å². The van der Waals surface area contributed by atoms with Crippen LogP contribution in [0.3, 0.4) is 0 Å². The van der Waals surface area contributed by atoms with Crippen molar-refractivity contribution in [3.63, 3.8) is 0 Å². The zero-order valence-electron chi connectivity index (χ0n) is 7.72. The minimum atomic E-state index is 0.808. The van der Waals surface area contributed by atoms with Gasteiger partial charge in [0.15, 0.2) is 0 Å². The lowest BCUT2D eigenvalue weighted by Crippen LogP contribution is -2.28. The highest BCUT2D eigenvalue weighted by molar-refractivity contribution is 8.00. The Hall–Kier alpha value is 0.310. The van der Waals surface area contributed by atoms with Crippen LogP contribution in [0.5, 0.6) is 0 Å². The van der Waals surface area contributed by atoms with Crippen LogP contribution >= 0.6 is 11.8 Å². The van der Waals surface area contributed by atoms with Crippen molar-refractivity contribution in [3.8, 4) is 0 Å². The molecule has 2 rings (SSSR count). The molecule has 2 heteroatoms. The molecule has 1 atom stereocenters. The van der Waals surface area contributed by atoms with Crippen molar-refractivity contribution in [3.05, 3.63) is 0 Å². The van der Waals surface area contributed by atoms with Gasteiger partial charge in [0.1, 0.15) is 0 Å². The lowest BCUT2D eigenvalue weighted by atomic mass is 10.0. The smallest absolute Gasteiger partial charge is 0.0561 e. The van der Waals surface area contributed by atoms with Crippen molar-refractivity contribution in [2.24, 2.45) is 5.92 Å². The Labute approximate surface area is 79.7 Å². The van der Waals surface area contributed by atoms with E-state index in [0.29, 0.717) is 0 Å². The highest BCUT2D eigenvalue weighted by atomic mass is 32.2. The summed E-state index contributed by atoms with van der Waals surface area (Å²) in [5.74, 6) is 2.32. The van der Waals surface area contributed by atoms with Crippen LogP contribution in [0.25, 0.3) is 0 Å². The van der Waals surface area contributed by atoms with Crippen molar-refractivity contribution < 1.29 is 0 Å². The molecule has 1 saturated heterocycles. The normalized spacial score (nSPS) is 33.5. The lowest BCUT2D eigenvalue weighted by molar-refractivity contribution is 0.413. The summed E-state index contributed by atoms with van der Waals surface area (Å²) in [6, 6.07) is 0. The van der Waals surface area contributed by atoms with Crippen LogP contribution in [-0.2, 0) is 0 Å². The van der Waals surface area contributed by atoms with Crippen LogP contribution in [0.15, 0.2) is 0 Å². The van der Waals surface area contributed by atoms with Crippen LogP contribution in [0.4, 0.5) is 0 Å². The molecular formula is C10H19NS. The largest absolute Gasteiger partial charge is 0.304 e. The Balaban J connectivity index is 1.83. The van der Waals surface area contributed by atoms with Gasteiger partial charge < -0.3 is 5.32 Å². The average molecular weight is 185 g/mol. The van der Waals surface area contributed by atoms with Crippen molar-refractivity contribution in [2.75, 3.05) is 12.3 Å². The lowest BCUT2D eigenvalue weighted by Gasteiger charge is -2.20. The second kappa shape index (κ2) is 4.52. The molecule has 12 heavy (non-hydrogen) atoms. The monoisotopic (exact) mass is 185 g/mol. The first-order valence-electron chi connectivity index (χ1n) is 5.32. The molecule has 1 N–H and O–H groups in total. The third-order valence-electron chi connectivity index (χ3n) is 3.07. The average Bonchev–Trinajstić information content (AvgIpc) is 2.48. The van der Waals surface area contributed by atoms with Crippen LogP contribution in [-0.4, -0.2) is 17.7 Å². The molecule has 0 aromatic heterocycles. The Bertz CT molecular complexity index is 124. The molecule has 0 amide bonds. The molecule has 0 aromatic carbocycles. The highest BCUT2D eigenvalue weighted by Crippen LogP contribution is 2.32. The van der Waals surface area contributed by atoms with E-state index in [4.69, 9.17) is 0 Å². The van der Waals surface area contributed by atoms with E-state index >= 15 is 0 Å². The van der Waals surface area contributed by atoms with Gasteiger partial charge in [-0.3, -0.25) is 0 Å². The van der Waals surface area contributed by atoms with Crippen LogP contribution in [0, 0.1) is 5.92 Å². The molecule has 1 saturated carbocycles. The SMILES string of the molecule is C1CCCC(C2NCCS2)CC1. The third kappa shape index (κ3) is 2.17. The quantitative estimate of drug-likeness (QED) is 0.630. The summed E-state index contributed by atoms with van der Waals surface area (Å²) >= 11 is 2.15. The molecule has 0 aromatic rings. The fourth-order valence-electron chi connectivity index (χ4n) is 2.36. The van der Waals surface area contributed by atoms with Crippen molar-refractivity contribution in [1.82, 2.24) is 5.32 Å². The van der Waals surface area contributed by atoms with Gasteiger partial charge in [0.05, 0.1) is 5.37 Å². The second-order valence-corrected chi connectivity index (χ2v) is 5.25. The summed E-state index contributed by atoms with van der Waals surface area (Å²) in [4.78, 5) is 0. The molecule has 1 heterocycles. The molecule has 0 bridgehead atoms. The Morgan fingerprint density at radius 1 is 1.00 bits per heavy atom. The molecule has 70 valence electrons. The minimum absolute atomic E-state index is 0.808. The van der Waals surface area contributed by atoms with Gasteiger partial charge in [0.2, 0.25) is 0 Å². The zero-order valence-corrected chi connectivity index (χ0v) is 8.54. The molecule has 1 aliphatic carbocycles. The van der Waals surface area contributed by atoms with Gasteiger partial charge in [-0.1, -0.05) is 25.7 Å². The Morgan fingerprint density at radius 3 is 2.33 bits per heavy atom. The predicted molar refractivity (Wildman–Crippen MR) is 55.4 cm³/mol. The van der Waals surface area contributed by atoms with Gasteiger partial charge >= 0.3 is 0 Å². The highest BCUT2D eigenvalue weighted by Gasteiger charge is 2.25. The standard InChI is InChI=1S/C10H19NS/c1-2-4-6-9(5-3-1)10-11-7-8-12-10/h9-11H,1-8H2. The van der Waals surface area contributed by atoms with Gasteiger partial charge in [0, 0.05) is 12.3 Å². The summed E-state index contributed by atoms with van der Waals surface area (Å²) in [5.41, 5.74) is 0. The van der Waals surface area contributed by atoms with E-state index in [1.54, 1.807) is 0 Å². The number of nitrogens with one attached hydrogen (secondary N) is 1. The van der Waals surface area contributed by atoms with Crippen LogP contribution in [0.1, 0.15) is 38.5 Å². The van der Waals surface area contributed by atoms with E-state index in [9.17, 15) is 0 Å². The molecule has 2 aliphatic rings. The summed E-state index contributed by atoms with van der Waals surface area (Å²) in [5, 5.41) is 4.43. The van der Waals surface area contributed by atoms with Crippen molar-refractivity contribution >= 4 is 11.8 Å². The van der Waals surface area contributed by atoms with E-state index in [-0.39, 0.29) is 0 Å². The maximum Gasteiger partial charge on any atom is 0.0561 e. The van der Waals surface area contributed by atoms with E-state index < -0.39 is 0 Å². The number of hydrogen-bond acceptors (Lipinski definition) is 2. The van der Waals surface area contributed by atoms with Gasteiger partial charge in [-0.05, 0) is 18.8 Å². The maximum absolute atomic E-state index is 3.62. The third-order valence-corrected chi connectivity index (χ3v) is 4.42. The van der Waals surface area contributed by atoms with Crippen molar-refractivity contribution in [2.45, 2.75) is 43.9 Å². The number of hydrogen-bond donors (Lipinski definition) is 1. The predicted octanol–water partition coefficient (Wildman–Crippen LogP) is 2.62. The number of thioether (sulfide) groups is 1. The first-order valence-corrected chi connectivity index (χ1v) is 6.37. The number of rotatable bonds is 1. The fourth-order valence-corrected chi connectivity index (χ4v) is 3.63. The summed E-state index contributed by atoms with van der Waals surface area (Å²) in [7, 11) is 0. The van der Waals surface area contributed by atoms with E-state index in [1.807, 2.05) is 0 Å². The molecular weight excluding hydrogens is 166 g/mol. The zero-order chi connectivity index (χ0) is 8.23.